The molecule has 35 heavy (non-hydrogen) atoms. The first-order chi connectivity index (χ1) is 16.6. The lowest BCUT2D eigenvalue weighted by Gasteiger charge is -2.21. The number of anilines is 1. The second-order valence-electron chi connectivity index (χ2n) is 8.88. The molecule has 0 spiro atoms. The van der Waals surface area contributed by atoms with Gasteiger partial charge >= 0.3 is 0 Å². The molecule has 2 aromatic carbocycles. The van der Waals surface area contributed by atoms with E-state index in [0.29, 0.717) is 29.7 Å². The van der Waals surface area contributed by atoms with Crippen molar-refractivity contribution in [2.45, 2.75) is 52.0 Å². The standard InChI is InChI=1S/C26H30N4O3S2/c1-6-35(32,33)21-10-7-9-20(16-21)25(31)29(13-14-30-19(5)15-18(4)28-30)26-27-24-22(17(2)3)11-8-12-23(24)34-26/h7-12,15-17H,6,13-14H2,1-5H3. The highest BCUT2D eigenvalue weighted by Crippen LogP contribution is 2.34. The van der Waals surface area contributed by atoms with E-state index in [1.807, 2.05) is 36.7 Å². The Balaban J connectivity index is 1.77. The number of sulfone groups is 1. The van der Waals surface area contributed by atoms with Crippen LogP contribution >= 0.6 is 11.3 Å². The molecule has 0 saturated heterocycles. The number of fused-ring (bicyclic) bond motifs is 1. The molecule has 0 saturated carbocycles. The van der Waals surface area contributed by atoms with Gasteiger partial charge in [0.05, 0.1) is 33.1 Å². The molecule has 0 aliphatic heterocycles. The van der Waals surface area contributed by atoms with Gasteiger partial charge in [0.2, 0.25) is 0 Å². The fourth-order valence-electron chi connectivity index (χ4n) is 4.06. The molecule has 4 aromatic rings. The van der Waals surface area contributed by atoms with Gasteiger partial charge in [0.1, 0.15) is 0 Å². The second kappa shape index (κ2) is 9.91. The first-order valence-electron chi connectivity index (χ1n) is 11.7. The largest absolute Gasteiger partial charge is 0.282 e. The fraction of sp³-hybridized carbons (Fsp3) is 0.346. The number of carbonyl (C=O) groups is 1. The third-order valence-corrected chi connectivity index (χ3v) is 8.77. The molecule has 1 amide bonds. The number of para-hydroxylation sites is 1. The van der Waals surface area contributed by atoms with Gasteiger partial charge in [0.25, 0.3) is 5.91 Å². The van der Waals surface area contributed by atoms with Gasteiger partial charge in [-0.25, -0.2) is 13.4 Å². The van der Waals surface area contributed by atoms with Crippen LogP contribution in [0.2, 0.25) is 0 Å². The Morgan fingerprint density at radius 2 is 1.86 bits per heavy atom. The van der Waals surface area contributed by atoms with Crippen molar-refractivity contribution in [3.05, 3.63) is 71.0 Å². The molecule has 2 aromatic heterocycles. The predicted octanol–water partition coefficient (Wildman–Crippen LogP) is 5.37. The number of hydrogen-bond donors (Lipinski definition) is 0. The molecule has 0 atom stereocenters. The van der Waals surface area contributed by atoms with Crippen LogP contribution in [0.4, 0.5) is 5.13 Å². The van der Waals surface area contributed by atoms with E-state index < -0.39 is 9.84 Å². The van der Waals surface area contributed by atoms with Crippen molar-refractivity contribution < 1.29 is 13.2 Å². The molecule has 0 radical (unpaired) electrons. The summed E-state index contributed by atoms with van der Waals surface area (Å²) in [6.07, 6.45) is 0. The molecule has 0 N–H and O–H groups in total. The van der Waals surface area contributed by atoms with Gasteiger partial charge in [0, 0.05) is 17.8 Å². The van der Waals surface area contributed by atoms with Crippen LogP contribution in [0, 0.1) is 13.8 Å². The van der Waals surface area contributed by atoms with E-state index >= 15 is 0 Å². The van der Waals surface area contributed by atoms with Crippen molar-refractivity contribution >= 4 is 42.4 Å². The third kappa shape index (κ3) is 5.16. The lowest BCUT2D eigenvalue weighted by atomic mass is 10.0. The molecule has 0 bridgehead atoms. The molecule has 7 nitrogen and oxygen atoms in total. The number of aryl methyl sites for hydroxylation is 2. The molecular weight excluding hydrogens is 480 g/mol. The van der Waals surface area contributed by atoms with Gasteiger partial charge in [-0.2, -0.15) is 5.10 Å². The Labute approximate surface area is 210 Å². The topological polar surface area (TPSA) is 85.2 Å². The molecule has 0 unspecified atom stereocenters. The average molecular weight is 511 g/mol. The first-order valence-corrected chi connectivity index (χ1v) is 14.1. The van der Waals surface area contributed by atoms with Gasteiger partial charge in [-0.3, -0.25) is 14.4 Å². The van der Waals surface area contributed by atoms with E-state index in [2.05, 4.69) is 25.0 Å². The van der Waals surface area contributed by atoms with Crippen LogP contribution in [0.15, 0.2) is 53.4 Å². The summed E-state index contributed by atoms with van der Waals surface area (Å²) >= 11 is 1.46. The third-order valence-electron chi connectivity index (χ3n) is 6.00. The minimum Gasteiger partial charge on any atom is -0.282 e. The molecular formula is C26H30N4O3S2. The highest BCUT2D eigenvalue weighted by Gasteiger charge is 2.24. The lowest BCUT2D eigenvalue weighted by Crippen LogP contribution is -2.34. The van der Waals surface area contributed by atoms with Crippen molar-refractivity contribution in [2.24, 2.45) is 0 Å². The molecule has 2 heterocycles. The van der Waals surface area contributed by atoms with Crippen LogP contribution in [0.1, 0.15) is 54.0 Å². The van der Waals surface area contributed by atoms with Crippen LogP contribution in [0.3, 0.4) is 0 Å². The summed E-state index contributed by atoms with van der Waals surface area (Å²) in [4.78, 5) is 20.5. The second-order valence-corrected chi connectivity index (χ2v) is 12.2. The van der Waals surface area contributed by atoms with E-state index in [1.54, 1.807) is 24.0 Å². The molecule has 4 rings (SSSR count). The summed E-state index contributed by atoms with van der Waals surface area (Å²) in [6.45, 7) is 10.6. The van der Waals surface area contributed by atoms with Crippen molar-refractivity contribution in [1.82, 2.24) is 14.8 Å². The highest BCUT2D eigenvalue weighted by atomic mass is 32.2. The van der Waals surface area contributed by atoms with Crippen molar-refractivity contribution in [3.63, 3.8) is 0 Å². The normalized spacial score (nSPS) is 11.9. The van der Waals surface area contributed by atoms with Gasteiger partial charge in [-0.1, -0.05) is 50.3 Å². The maximum absolute atomic E-state index is 13.8. The smallest absolute Gasteiger partial charge is 0.260 e. The maximum atomic E-state index is 13.8. The molecule has 0 aliphatic carbocycles. The number of hydrogen-bond acceptors (Lipinski definition) is 6. The summed E-state index contributed by atoms with van der Waals surface area (Å²) in [5.41, 5.74) is 4.27. The quantitative estimate of drug-likeness (QED) is 0.318. The summed E-state index contributed by atoms with van der Waals surface area (Å²) in [5.74, 6) is -0.0180. The Hall–Kier alpha value is -3.04. The molecule has 9 heteroatoms. The summed E-state index contributed by atoms with van der Waals surface area (Å²) < 4.78 is 27.8. The van der Waals surface area contributed by atoms with E-state index in [1.165, 1.54) is 23.5 Å². The number of rotatable bonds is 8. The van der Waals surface area contributed by atoms with Gasteiger partial charge in [-0.15, -0.1) is 0 Å². The minimum absolute atomic E-state index is 0.0257. The zero-order valence-electron chi connectivity index (χ0n) is 20.6. The van der Waals surface area contributed by atoms with E-state index in [4.69, 9.17) is 4.98 Å². The van der Waals surface area contributed by atoms with Crippen LogP contribution in [-0.4, -0.2) is 41.4 Å². The van der Waals surface area contributed by atoms with Gasteiger partial charge in [-0.05, 0) is 55.7 Å². The van der Waals surface area contributed by atoms with Crippen LogP contribution in [-0.2, 0) is 16.4 Å². The monoisotopic (exact) mass is 510 g/mol. The predicted molar refractivity (Wildman–Crippen MR) is 141 cm³/mol. The zero-order chi connectivity index (χ0) is 25.3. The number of carbonyl (C=O) groups excluding carboxylic acids is 1. The van der Waals surface area contributed by atoms with Crippen LogP contribution in [0.25, 0.3) is 10.2 Å². The average Bonchev–Trinajstić information content (AvgIpc) is 3.40. The van der Waals surface area contributed by atoms with Gasteiger partial charge in [0.15, 0.2) is 15.0 Å². The van der Waals surface area contributed by atoms with Crippen LogP contribution in [0.5, 0.6) is 0 Å². The van der Waals surface area contributed by atoms with Gasteiger partial charge < -0.3 is 0 Å². The summed E-state index contributed by atoms with van der Waals surface area (Å²) in [5, 5.41) is 5.11. The Morgan fingerprint density at radius 1 is 1.11 bits per heavy atom. The summed E-state index contributed by atoms with van der Waals surface area (Å²) in [7, 11) is -3.44. The number of benzene rings is 2. The number of nitrogens with zero attached hydrogens (tertiary/aromatic N) is 4. The van der Waals surface area contributed by atoms with Crippen molar-refractivity contribution in [2.75, 3.05) is 17.2 Å². The fourth-order valence-corrected chi connectivity index (χ4v) is 6.02. The Kier molecular flexibility index (Phi) is 7.10. The minimum atomic E-state index is -3.44. The highest BCUT2D eigenvalue weighted by molar-refractivity contribution is 7.91. The first kappa shape index (κ1) is 25.1. The molecule has 0 fully saturated rings. The Bertz CT molecular complexity index is 1490. The SMILES string of the molecule is CCS(=O)(=O)c1cccc(C(=O)N(CCn2nc(C)cc2C)c2nc3c(C(C)C)cccc3s2)c1. The zero-order valence-corrected chi connectivity index (χ0v) is 22.3. The van der Waals surface area contributed by atoms with E-state index in [9.17, 15) is 13.2 Å². The van der Waals surface area contributed by atoms with Crippen molar-refractivity contribution in [3.8, 4) is 0 Å². The molecule has 0 aliphatic rings. The number of aromatic nitrogens is 3. The lowest BCUT2D eigenvalue weighted by molar-refractivity contribution is 0.0985. The Morgan fingerprint density at radius 3 is 2.51 bits per heavy atom. The van der Waals surface area contributed by atoms with E-state index in [0.717, 1.165) is 27.2 Å². The summed E-state index contributed by atoms with van der Waals surface area (Å²) in [6, 6.07) is 14.4. The number of amides is 1. The molecule has 184 valence electrons. The maximum Gasteiger partial charge on any atom is 0.260 e. The van der Waals surface area contributed by atoms with Crippen LogP contribution < -0.4 is 4.90 Å². The number of thiazole rings is 1. The van der Waals surface area contributed by atoms with E-state index in [-0.39, 0.29) is 16.6 Å². The van der Waals surface area contributed by atoms with Crippen molar-refractivity contribution in [1.29, 1.82) is 0 Å².